The zero-order valence-corrected chi connectivity index (χ0v) is 26.6. The molecule has 45 heavy (non-hydrogen) atoms. The Balaban J connectivity index is 1.81. The lowest BCUT2D eigenvalue weighted by Crippen LogP contribution is -2.21. The number of ketones is 2. The molecule has 0 radical (unpaired) electrons. The first kappa shape index (κ1) is 30.4. The van der Waals surface area contributed by atoms with Crippen LogP contribution in [0.15, 0.2) is 18.2 Å². The molecule has 2 aliphatic heterocycles. The number of aryl methyl sites for hydroxylation is 2. The van der Waals surface area contributed by atoms with Crippen molar-refractivity contribution in [2.45, 2.75) is 90.4 Å². The van der Waals surface area contributed by atoms with Crippen molar-refractivity contribution in [2.24, 2.45) is 0 Å². The fourth-order valence-electron chi connectivity index (χ4n) is 7.61. The number of hydrogen-bond acceptors (Lipinski definition) is 7. The lowest BCUT2D eigenvalue weighted by atomic mass is 9.84. The average molecular weight is 611 g/mol. The van der Waals surface area contributed by atoms with Gasteiger partial charge < -0.3 is 19.8 Å². The number of hydrogen-bond donors (Lipinski definition) is 3. The van der Waals surface area contributed by atoms with Crippen molar-refractivity contribution in [3.05, 3.63) is 68.8 Å². The normalized spacial score (nSPS) is 22.1. The van der Waals surface area contributed by atoms with E-state index in [1.165, 1.54) is 7.11 Å². The van der Waals surface area contributed by atoms with E-state index in [1.807, 2.05) is 39.0 Å². The number of Topliss-reactive ketones (excluding diaryl/α,β-unsaturated/α-hetero) is 2. The number of esters is 1. The van der Waals surface area contributed by atoms with Gasteiger partial charge in [0.05, 0.1) is 23.8 Å². The van der Waals surface area contributed by atoms with E-state index in [4.69, 9.17) is 14.7 Å². The predicted molar refractivity (Wildman–Crippen MR) is 169 cm³/mol. The third-order valence-electron chi connectivity index (χ3n) is 10.1. The average Bonchev–Trinajstić information content (AvgIpc) is 3.72. The molecule has 0 saturated carbocycles. The molecule has 5 atom stereocenters. The number of methoxy groups -OCH3 is 1. The summed E-state index contributed by atoms with van der Waals surface area (Å²) in [5.74, 6) is -3.69. The standard InChI is InChI=1S/C35H38N4O6/c1-8-19-14(2)21-13-26-28(18(6)40)16(4)23(37-26)11-22-15(3)20(9-10-27(41)42)32(38-22)30-31(35(44)45-7)34(43)29-17(5)24(39-33(29)30)12-25(19)36-21/h11-15,19-20,31,37,39H,8-10H2,1-7H3,(H,41,42)/t14-,15+,19-,20?,31-/m1/s1. The van der Waals surface area contributed by atoms with Gasteiger partial charge in [-0.25, -0.2) is 0 Å². The monoisotopic (exact) mass is 610 g/mol. The second kappa shape index (κ2) is 11.1. The number of H-pyrrole nitrogens is 2. The maximum atomic E-state index is 14.0. The lowest BCUT2D eigenvalue weighted by molar-refractivity contribution is -0.141. The van der Waals surface area contributed by atoms with Gasteiger partial charge in [-0.3, -0.25) is 29.1 Å². The number of ether oxygens (including phenoxy) is 1. The minimum Gasteiger partial charge on any atom is -0.481 e. The summed E-state index contributed by atoms with van der Waals surface area (Å²) in [4.78, 5) is 68.9. The van der Waals surface area contributed by atoms with E-state index in [1.54, 1.807) is 6.92 Å². The van der Waals surface area contributed by atoms with Gasteiger partial charge in [0, 0.05) is 74.9 Å². The van der Waals surface area contributed by atoms with Crippen molar-refractivity contribution < 1.29 is 29.0 Å². The van der Waals surface area contributed by atoms with E-state index in [2.05, 4.69) is 23.8 Å². The Morgan fingerprint density at radius 3 is 2.18 bits per heavy atom. The van der Waals surface area contributed by atoms with Crippen molar-refractivity contribution >= 4 is 45.6 Å². The smallest absolute Gasteiger partial charge is 0.321 e. The third kappa shape index (κ3) is 4.69. The minimum atomic E-state index is -1.22. The first-order valence-electron chi connectivity index (χ1n) is 15.5. The highest BCUT2D eigenvalue weighted by atomic mass is 16.5. The number of aromatic amines is 2. The molecular formula is C35H38N4O6. The molecule has 5 heterocycles. The Labute approximate surface area is 260 Å². The molecule has 0 amide bonds. The highest BCUT2D eigenvalue weighted by Gasteiger charge is 2.45. The molecule has 8 bridgehead atoms. The Hall–Kier alpha value is -4.60. The molecule has 0 spiro atoms. The Morgan fingerprint density at radius 1 is 0.911 bits per heavy atom. The summed E-state index contributed by atoms with van der Waals surface area (Å²) in [6.07, 6.45) is 0.999. The molecule has 3 aliphatic rings. The molecule has 0 fully saturated rings. The number of fused-ring (bicyclic) bond motifs is 8. The zero-order valence-electron chi connectivity index (χ0n) is 26.6. The number of carboxylic acids is 1. The van der Waals surface area contributed by atoms with Crippen LogP contribution >= 0.6 is 0 Å². The van der Waals surface area contributed by atoms with Crippen molar-refractivity contribution in [1.82, 2.24) is 19.9 Å². The van der Waals surface area contributed by atoms with Crippen molar-refractivity contribution in [2.75, 3.05) is 7.11 Å². The zero-order chi connectivity index (χ0) is 32.5. The van der Waals surface area contributed by atoms with E-state index < -0.39 is 17.9 Å². The summed E-state index contributed by atoms with van der Waals surface area (Å²) in [7, 11) is 1.25. The van der Waals surface area contributed by atoms with Crippen LogP contribution in [0.25, 0.3) is 22.1 Å². The second-order valence-electron chi connectivity index (χ2n) is 12.6. The topological polar surface area (TPSA) is 155 Å². The number of carbonyl (C=O) groups excluding carboxylic acids is 3. The van der Waals surface area contributed by atoms with Crippen LogP contribution in [0, 0.1) is 13.8 Å². The summed E-state index contributed by atoms with van der Waals surface area (Å²) in [6.45, 7) is 11.5. The first-order chi connectivity index (χ1) is 21.4. The Morgan fingerprint density at radius 2 is 1.53 bits per heavy atom. The van der Waals surface area contributed by atoms with Crippen molar-refractivity contribution in [1.29, 1.82) is 0 Å². The molecule has 10 nitrogen and oxygen atoms in total. The summed E-state index contributed by atoms with van der Waals surface area (Å²) < 4.78 is 5.13. The van der Waals surface area contributed by atoms with Crippen LogP contribution in [0.4, 0.5) is 0 Å². The summed E-state index contributed by atoms with van der Waals surface area (Å²) >= 11 is 0. The number of nitrogens with zero attached hydrogens (tertiary/aromatic N) is 2. The number of carboxylic acid groups (broad SMARTS) is 1. The third-order valence-corrected chi connectivity index (χ3v) is 10.1. The van der Waals surface area contributed by atoms with Crippen LogP contribution in [0.3, 0.4) is 0 Å². The molecule has 3 aromatic heterocycles. The van der Waals surface area contributed by atoms with E-state index in [9.17, 15) is 24.3 Å². The molecule has 234 valence electrons. The molecule has 1 aliphatic carbocycles. The first-order valence-corrected chi connectivity index (χ1v) is 15.5. The molecule has 3 N–H and O–H groups in total. The quantitative estimate of drug-likeness (QED) is 0.159. The van der Waals surface area contributed by atoms with E-state index >= 15 is 0 Å². The number of aliphatic carboxylic acids is 1. The lowest BCUT2D eigenvalue weighted by Gasteiger charge is -2.18. The van der Waals surface area contributed by atoms with Gasteiger partial charge in [-0.2, -0.15) is 0 Å². The molecular weight excluding hydrogens is 572 g/mol. The van der Waals surface area contributed by atoms with E-state index in [0.717, 1.165) is 28.9 Å². The van der Waals surface area contributed by atoms with Crippen LogP contribution in [0.1, 0.15) is 137 Å². The van der Waals surface area contributed by atoms with E-state index in [0.29, 0.717) is 50.2 Å². The van der Waals surface area contributed by atoms with Gasteiger partial charge in [0.1, 0.15) is 5.92 Å². The van der Waals surface area contributed by atoms with E-state index in [-0.39, 0.29) is 48.1 Å². The molecule has 0 aromatic carbocycles. The van der Waals surface area contributed by atoms with Crippen LogP contribution < -0.4 is 0 Å². The maximum Gasteiger partial charge on any atom is 0.321 e. The molecule has 3 aromatic rings. The molecule has 6 rings (SSSR count). The number of rotatable bonds is 6. The van der Waals surface area contributed by atoms with Gasteiger partial charge in [-0.1, -0.05) is 20.8 Å². The van der Waals surface area contributed by atoms with Crippen molar-refractivity contribution in [3.8, 4) is 0 Å². The summed E-state index contributed by atoms with van der Waals surface area (Å²) in [6, 6.07) is 5.84. The van der Waals surface area contributed by atoms with Crippen molar-refractivity contribution in [3.63, 3.8) is 0 Å². The largest absolute Gasteiger partial charge is 0.481 e. The number of carbonyl (C=O) groups is 4. The molecule has 1 unspecified atom stereocenters. The van der Waals surface area contributed by atoms with Crippen LogP contribution in [-0.2, 0) is 14.3 Å². The predicted octanol–water partition coefficient (Wildman–Crippen LogP) is 6.64. The molecule has 10 heteroatoms. The van der Waals surface area contributed by atoms with Gasteiger partial charge in [-0.15, -0.1) is 0 Å². The summed E-state index contributed by atoms with van der Waals surface area (Å²) in [5, 5.41) is 9.60. The second-order valence-corrected chi connectivity index (χ2v) is 12.6. The highest BCUT2D eigenvalue weighted by Crippen LogP contribution is 2.48. The van der Waals surface area contributed by atoms with Crippen LogP contribution in [0.2, 0.25) is 0 Å². The molecule has 0 saturated heterocycles. The van der Waals surface area contributed by atoms with Crippen LogP contribution in [0.5, 0.6) is 0 Å². The maximum absolute atomic E-state index is 14.0. The van der Waals surface area contributed by atoms with Gasteiger partial charge >= 0.3 is 11.9 Å². The van der Waals surface area contributed by atoms with Gasteiger partial charge in [0.25, 0.3) is 0 Å². The Kier molecular flexibility index (Phi) is 7.49. The van der Waals surface area contributed by atoms with Crippen LogP contribution in [-0.4, -0.2) is 55.7 Å². The summed E-state index contributed by atoms with van der Waals surface area (Å²) in [5.41, 5.74) is 8.46. The number of nitrogens with one attached hydrogen (secondary N) is 2. The fourth-order valence-corrected chi connectivity index (χ4v) is 7.61. The highest BCUT2D eigenvalue weighted by molar-refractivity contribution is 6.23. The SMILES string of the molecule is CC[C@H]1c2cc3[nH]c4c(c3C)C(=O)[C@H](C(=O)OC)c4c3nc(cc4[nH]c(cc(n2)[C@@H]1C)c(C(C)=O)c4C)[C@@H](C)C3CCC(=O)O. The minimum absolute atomic E-state index is 0.0719. The Bertz CT molecular complexity index is 1970. The van der Waals surface area contributed by atoms with Gasteiger partial charge in [0.2, 0.25) is 0 Å². The van der Waals surface area contributed by atoms with Gasteiger partial charge in [0.15, 0.2) is 11.6 Å². The van der Waals surface area contributed by atoms with Gasteiger partial charge in [-0.05, 0) is 62.9 Å². The number of aromatic nitrogens is 4. The fraction of sp³-hybridized carbons (Fsp3) is 0.429.